The van der Waals surface area contributed by atoms with Crippen LogP contribution in [0.4, 0.5) is 0 Å². The number of isocyanates is 1. The molecule has 0 aromatic rings. The molecule has 1 rings (SSSR count). The summed E-state index contributed by atoms with van der Waals surface area (Å²) in [5.74, 6) is -4.05. The molecule has 0 aromatic carbocycles. The molecule has 13 heteroatoms. The van der Waals surface area contributed by atoms with Gasteiger partial charge in [-0.2, -0.15) is 4.99 Å². The molecule has 0 spiro atoms. The Hall–Kier alpha value is -3.31. The minimum atomic E-state index is -1.62. The molecule has 0 amide bonds. The second-order valence-corrected chi connectivity index (χ2v) is 6.39. The molecule has 0 N–H and O–H groups in total. The largest absolute Gasteiger partial charge is 0.462 e. The fraction of sp³-hybridized carbons (Fsp3) is 0.667. The molecule has 1 aliphatic heterocycles. The lowest BCUT2D eigenvalue weighted by atomic mass is 9.93. The first kappa shape index (κ1) is 25.7. The van der Waals surface area contributed by atoms with Crippen molar-refractivity contribution in [2.75, 3.05) is 6.61 Å². The van der Waals surface area contributed by atoms with E-state index in [1.165, 1.54) is 6.08 Å². The zero-order valence-corrected chi connectivity index (χ0v) is 17.5. The van der Waals surface area contributed by atoms with Gasteiger partial charge in [0.15, 0.2) is 24.4 Å². The summed E-state index contributed by atoms with van der Waals surface area (Å²) in [5.41, 5.74) is 0. The number of carbonyl (C=O) groups is 5. The number of ether oxygens (including phenoxy) is 6. The molecule has 13 nitrogen and oxygen atoms in total. The van der Waals surface area contributed by atoms with Crippen LogP contribution in [0, 0.1) is 0 Å². The van der Waals surface area contributed by atoms with Crippen molar-refractivity contribution in [3.63, 3.8) is 0 Å². The molecule has 1 aliphatic rings. The minimum absolute atomic E-state index is 0.529. The molecule has 1 fully saturated rings. The lowest BCUT2D eigenvalue weighted by Gasteiger charge is -2.44. The molecule has 31 heavy (non-hydrogen) atoms. The lowest BCUT2D eigenvalue weighted by Crippen LogP contribution is -2.64. The Bertz CT molecular complexity index is 759. The van der Waals surface area contributed by atoms with Crippen LogP contribution in [0.15, 0.2) is 4.99 Å². The van der Waals surface area contributed by atoms with E-state index in [-0.39, 0.29) is 0 Å². The third-order valence-electron chi connectivity index (χ3n) is 3.78. The first-order valence-electron chi connectivity index (χ1n) is 9.00. The second-order valence-electron chi connectivity index (χ2n) is 6.39. The summed E-state index contributed by atoms with van der Waals surface area (Å²) >= 11 is 0. The van der Waals surface area contributed by atoms with Crippen molar-refractivity contribution in [2.24, 2.45) is 4.99 Å². The van der Waals surface area contributed by atoms with Crippen molar-refractivity contribution >= 4 is 35.9 Å². The molecular formula is C18H23NO12. The predicted molar refractivity (Wildman–Crippen MR) is 95.6 cm³/mol. The number of hydrogen-bond donors (Lipinski definition) is 0. The summed E-state index contributed by atoms with van der Waals surface area (Å²) < 4.78 is 31.1. The van der Waals surface area contributed by atoms with Crippen molar-refractivity contribution in [1.29, 1.82) is 0 Å². The highest BCUT2D eigenvalue weighted by molar-refractivity contribution is 5.69. The van der Waals surface area contributed by atoms with Crippen molar-refractivity contribution in [3.8, 4) is 0 Å². The van der Waals surface area contributed by atoms with Crippen LogP contribution in [0.2, 0.25) is 0 Å². The van der Waals surface area contributed by atoms with Crippen LogP contribution in [0.1, 0.15) is 34.6 Å². The second kappa shape index (κ2) is 11.8. The third-order valence-corrected chi connectivity index (χ3v) is 3.78. The van der Waals surface area contributed by atoms with Crippen LogP contribution in [0.5, 0.6) is 0 Å². The molecular weight excluding hydrogens is 422 g/mol. The summed E-state index contributed by atoms with van der Waals surface area (Å²) in [6.45, 7) is 4.77. The van der Waals surface area contributed by atoms with E-state index in [0.29, 0.717) is 0 Å². The smallest absolute Gasteiger partial charge is 0.305 e. The Morgan fingerprint density at radius 3 is 1.84 bits per heavy atom. The Balaban J connectivity index is 3.51. The number of aliphatic imine (C=N–C) groups is 1. The molecule has 0 radical (unpaired) electrons. The highest BCUT2D eigenvalue weighted by atomic mass is 16.7. The summed E-state index contributed by atoms with van der Waals surface area (Å²) in [6, 6.07) is -1.46. The topological polar surface area (TPSA) is 170 Å². The summed E-state index contributed by atoms with van der Waals surface area (Å²) in [5, 5.41) is 0. The van der Waals surface area contributed by atoms with Gasteiger partial charge in [-0.3, -0.25) is 24.0 Å². The van der Waals surface area contributed by atoms with E-state index in [1.807, 2.05) is 0 Å². The first-order valence-corrected chi connectivity index (χ1v) is 9.00. The number of nitrogens with zero attached hydrogens (tertiary/aromatic N) is 1. The molecule has 0 bridgehead atoms. The van der Waals surface area contributed by atoms with E-state index in [2.05, 4.69) is 4.99 Å². The van der Waals surface area contributed by atoms with Gasteiger partial charge in [-0.05, 0) is 0 Å². The zero-order valence-electron chi connectivity index (χ0n) is 17.5. The van der Waals surface area contributed by atoms with Gasteiger partial charge in [-0.15, -0.1) is 0 Å². The average Bonchev–Trinajstić information content (AvgIpc) is 2.61. The van der Waals surface area contributed by atoms with Crippen LogP contribution in [-0.4, -0.2) is 79.3 Å². The molecule has 0 saturated carbocycles. The Kier molecular flexibility index (Phi) is 9.77. The van der Waals surface area contributed by atoms with E-state index >= 15 is 0 Å². The molecule has 1 heterocycles. The van der Waals surface area contributed by atoms with Gasteiger partial charge in [0, 0.05) is 34.6 Å². The summed E-state index contributed by atoms with van der Waals surface area (Å²) in [7, 11) is 0. The Morgan fingerprint density at radius 2 is 1.39 bits per heavy atom. The number of esters is 5. The predicted octanol–water partition coefficient (Wildman–Crippen LogP) is -0.663. The highest BCUT2D eigenvalue weighted by Crippen LogP contribution is 2.32. The van der Waals surface area contributed by atoms with Gasteiger partial charge in [-0.25, -0.2) is 4.79 Å². The number of carbonyl (C=O) groups excluding carboxylic acids is 6. The van der Waals surface area contributed by atoms with Gasteiger partial charge in [0.25, 0.3) is 0 Å². The van der Waals surface area contributed by atoms with Crippen molar-refractivity contribution < 1.29 is 57.2 Å². The monoisotopic (exact) mass is 445 g/mol. The van der Waals surface area contributed by atoms with Gasteiger partial charge in [0.1, 0.15) is 12.7 Å². The SMILES string of the molecule is CC(=O)OC[C@@H](OC(C)=O)[C@@H]1O[C@@H](OC(C)=O)[C@@H](N=C=O)[C@H](OC(C)=O)[C@H]1OC(C)=O. The van der Waals surface area contributed by atoms with Crippen LogP contribution in [0.3, 0.4) is 0 Å². The first-order chi connectivity index (χ1) is 14.5. The van der Waals surface area contributed by atoms with Crippen molar-refractivity contribution in [1.82, 2.24) is 0 Å². The Morgan fingerprint density at radius 1 is 0.839 bits per heavy atom. The standard InChI is InChI=1S/C18H23NO12/c1-8(21)26-6-13(27-9(2)22)15-17(29-11(4)24)16(28-10(3)23)14(19-7-20)18(31-15)30-12(5)25/h13-18H,6H2,1-5H3/t13-,14+,15+,16+,17+,18-/m1/s1. The minimum Gasteiger partial charge on any atom is -0.462 e. The van der Waals surface area contributed by atoms with Gasteiger partial charge in [0.05, 0.1) is 0 Å². The molecule has 172 valence electrons. The third kappa shape index (κ3) is 8.15. The highest BCUT2D eigenvalue weighted by Gasteiger charge is 2.55. The van der Waals surface area contributed by atoms with Crippen molar-refractivity contribution in [2.45, 2.75) is 71.4 Å². The molecule has 0 aromatic heterocycles. The number of rotatable bonds is 8. The summed E-state index contributed by atoms with van der Waals surface area (Å²) in [6.07, 6.45) is -6.17. The normalized spacial score (nSPS) is 25.8. The fourth-order valence-electron chi connectivity index (χ4n) is 2.87. The summed E-state index contributed by atoms with van der Waals surface area (Å²) in [4.78, 5) is 72.2. The Labute approximate surface area is 176 Å². The van der Waals surface area contributed by atoms with E-state index in [9.17, 15) is 28.8 Å². The van der Waals surface area contributed by atoms with Gasteiger partial charge >= 0.3 is 29.8 Å². The molecule has 6 atom stereocenters. The molecule has 0 unspecified atom stereocenters. The quantitative estimate of drug-likeness (QED) is 0.200. The van der Waals surface area contributed by atoms with Gasteiger partial charge in [-0.1, -0.05) is 0 Å². The van der Waals surface area contributed by atoms with Crippen LogP contribution < -0.4 is 0 Å². The van der Waals surface area contributed by atoms with Crippen LogP contribution in [-0.2, 0) is 57.2 Å². The zero-order chi connectivity index (χ0) is 23.7. The molecule has 0 aliphatic carbocycles. The van der Waals surface area contributed by atoms with Crippen LogP contribution >= 0.6 is 0 Å². The number of hydrogen-bond acceptors (Lipinski definition) is 13. The lowest BCUT2D eigenvalue weighted by molar-refractivity contribution is -0.279. The maximum absolute atomic E-state index is 11.7. The maximum Gasteiger partial charge on any atom is 0.305 e. The molecule has 1 saturated heterocycles. The van der Waals surface area contributed by atoms with E-state index in [1.54, 1.807) is 0 Å². The average molecular weight is 445 g/mol. The van der Waals surface area contributed by atoms with E-state index in [0.717, 1.165) is 34.6 Å². The van der Waals surface area contributed by atoms with E-state index in [4.69, 9.17) is 28.4 Å². The van der Waals surface area contributed by atoms with Crippen LogP contribution in [0.25, 0.3) is 0 Å². The van der Waals surface area contributed by atoms with E-state index < -0.39 is 73.2 Å². The van der Waals surface area contributed by atoms with Gasteiger partial charge < -0.3 is 28.4 Å². The fourth-order valence-corrected chi connectivity index (χ4v) is 2.87. The van der Waals surface area contributed by atoms with Gasteiger partial charge in [0.2, 0.25) is 12.4 Å². The maximum atomic E-state index is 11.7. The van der Waals surface area contributed by atoms with Crippen molar-refractivity contribution in [3.05, 3.63) is 0 Å².